The molecule has 5 nitrogen and oxygen atoms in total. The van der Waals surface area contributed by atoms with Gasteiger partial charge in [0.2, 0.25) is 0 Å². The lowest BCUT2D eigenvalue weighted by atomic mass is 9.76. The Morgan fingerprint density at radius 3 is 2.50 bits per heavy atom. The molecule has 2 unspecified atom stereocenters. The zero-order valence-electron chi connectivity index (χ0n) is 15.6. The Bertz CT molecular complexity index is 844. The van der Waals surface area contributed by atoms with Gasteiger partial charge in [0.1, 0.15) is 6.61 Å². The van der Waals surface area contributed by atoms with E-state index in [2.05, 4.69) is 4.98 Å². The van der Waals surface area contributed by atoms with Crippen molar-refractivity contribution in [1.29, 1.82) is 0 Å². The number of ether oxygens (including phenoxy) is 1. The lowest BCUT2D eigenvalue weighted by Gasteiger charge is -2.47. The third-order valence-corrected chi connectivity index (χ3v) is 5.80. The van der Waals surface area contributed by atoms with Crippen LogP contribution in [0.1, 0.15) is 48.0 Å². The largest absolute Gasteiger partial charge is 0.445 e. The van der Waals surface area contributed by atoms with Gasteiger partial charge in [0.05, 0.1) is 11.8 Å². The maximum Gasteiger partial charge on any atom is 0.410 e. The number of rotatable bonds is 4. The highest BCUT2D eigenvalue weighted by molar-refractivity contribution is 5.98. The van der Waals surface area contributed by atoms with E-state index < -0.39 is 5.82 Å². The first-order chi connectivity index (χ1) is 13.6. The van der Waals surface area contributed by atoms with E-state index in [0.29, 0.717) is 12.8 Å². The van der Waals surface area contributed by atoms with Gasteiger partial charge >= 0.3 is 6.09 Å². The molecule has 1 aromatic carbocycles. The third-order valence-electron chi connectivity index (χ3n) is 5.80. The summed E-state index contributed by atoms with van der Waals surface area (Å²) in [5.74, 6) is -1.04. The van der Waals surface area contributed by atoms with E-state index in [1.165, 1.54) is 12.3 Å². The van der Waals surface area contributed by atoms with Crippen molar-refractivity contribution < 1.29 is 18.7 Å². The molecule has 146 valence electrons. The Labute approximate surface area is 163 Å². The number of carbonyl (C=O) groups excluding carboxylic acids is 2. The maximum atomic E-state index is 14.0. The number of aromatic nitrogens is 1. The first kappa shape index (κ1) is 18.6. The fraction of sp³-hybridized carbons (Fsp3) is 0.409. The monoisotopic (exact) mass is 382 g/mol. The molecule has 6 heteroatoms. The van der Waals surface area contributed by atoms with Crippen LogP contribution in [0.2, 0.25) is 0 Å². The second-order valence-corrected chi connectivity index (χ2v) is 7.57. The van der Waals surface area contributed by atoms with Gasteiger partial charge < -0.3 is 9.64 Å². The summed E-state index contributed by atoms with van der Waals surface area (Å²) < 4.78 is 19.5. The van der Waals surface area contributed by atoms with Gasteiger partial charge in [-0.05, 0) is 43.7 Å². The number of pyridine rings is 1. The zero-order chi connectivity index (χ0) is 19.5. The Balaban J connectivity index is 1.44. The molecule has 0 saturated carbocycles. The number of amides is 1. The van der Waals surface area contributed by atoms with Crippen LogP contribution in [0.15, 0.2) is 48.8 Å². The number of nitrogens with zero attached hydrogens (tertiary/aromatic N) is 2. The van der Waals surface area contributed by atoms with Crippen LogP contribution in [0.25, 0.3) is 0 Å². The highest BCUT2D eigenvalue weighted by atomic mass is 19.1. The second-order valence-electron chi connectivity index (χ2n) is 7.57. The highest BCUT2D eigenvalue weighted by Gasteiger charge is 2.44. The molecular formula is C22H23FN2O3. The molecule has 2 saturated heterocycles. The smallest absolute Gasteiger partial charge is 0.410 e. The molecule has 2 aliphatic rings. The number of hydrogen-bond acceptors (Lipinski definition) is 4. The van der Waals surface area contributed by atoms with Gasteiger partial charge in [0.25, 0.3) is 0 Å². The van der Waals surface area contributed by atoms with Crippen LogP contribution >= 0.6 is 0 Å². The summed E-state index contributed by atoms with van der Waals surface area (Å²) in [6.45, 7) is 0.236. The Kier molecular flexibility index (Phi) is 5.37. The van der Waals surface area contributed by atoms with Gasteiger partial charge in [-0.1, -0.05) is 30.3 Å². The topological polar surface area (TPSA) is 59.5 Å². The number of Topliss-reactive ketones (excluding diaryl/α,β-unsaturated/α-hetero) is 1. The first-order valence-electron chi connectivity index (χ1n) is 9.76. The third kappa shape index (κ3) is 3.77. The molecule has 0 spiro atoms. The molecule has 3 heterocycles. The van der Waals surface area contributed by atoms with E-state index >= 15 is 0 Å². The van der Waals surface area contributed by atoms with Gasteiger partial charge in [0.15, 0.2) is 11.6 Å². The van der Waals surface area contributed by atoms with E-state index in [9.17, 15) is 14.0 Å². The molecule has 2 aromatic rings. The Morgan fingerprint density at radius 2 is 1.82 bits per heavy atom. The summed E-state index contributed by atoms with van der Waals surface area (Å²) in [7, 11) is 0. The van der Waals surface area contributed by atoms with Crippen LogP contribution in [0.5, 0.6) is 0 Å². The van der Waals surface area contributed by atoms with E-state index in [1.54, 1.807) is 0 Å². The number of fused-ring (bicyclic) bond motifs is 2. The zero-order valence-corrected chi connectivity index (χ0v) is 15.6. The molecule has 2 aliphatic heterocycles. The van der Waals surface area contributed by atoms with Crippen molar-refractivity contribution in [3.05, 3.63) is 65.7 Å². The van der Waals surface area contributed by atoms with Crippen molar-refractivity contribution in [1.82, 2.24) is 9.88 Å². The van der Waals surface area contributed by atoms with Crippen molar-refractivity contribution in [3.8, 4) is 0 Å². The van der Waals surface area contributed by atoms with Crippen LogP contribution in [0, 0.1) is 11.7 Å². The molecule has 2 atom stereocenters. The number of halogens is 1. The molecule has 0 N–H and O–H groups in total. The van der Waals surface area contributed by atoms with Crippen LogP contribution < -0.4 is 0 Å². The van der Waals surface area contributed by atoms with Crippen LogP contribution in [0.3, 0.4) is 0 Å². The fourth-order valence-electron chi connectivity index (χ4n) is 4.48. The highest BCUT2D eigenvalue weighted by Crippen LogP contribution is 2.39. The molecule has 1 aromatic heterocycles. The predicted molar refractivity (Wildman–Crippen MR) is 101 cm³/mol. The van der Waals surface area contributed by atoms with Crippen molar-refractivity contribution in [3.63, 3.8) is 0 Å². The van der Waals surface area contributed by atoms with Crippen LogP contribution in [0.4, 0.5) is 9.18 Å². The minimum atomic E-state index is -0.581. The van der Waals surface area contributed by atoms with Crippen molar-refractivity contribution in [2.45, 2.75) is 50.8 Å². The number of piperidine rings is 2. The van der Waals surface area contributed by atoms with Crippen molar-refractivity contribution in [2.75, 3.05) is 0 Å². The summed E-state index contributed by atoms with van der Waals surface area (Å²) >= 11 is 0. The normalized spacial score (nSPS) is 23.9. The molecule has 2 fully saturated rings. The minimum Gasteiger partial charge on any atom is -0.445 e. The van der Waals surface area contributed by atoms with Crippen molar-refractivity contribution >= 4 is 11.9 Å². The van der Waals surface area contributed by atoms with Crippen LogP contribution in [-0.4, -0.2) is 33.8 Å². The number of carbonyl (C=O) groups is 2. The standard InChI is InChI=1S/C22H23FN2O3/c23-20-13-24-10-9-19(20)21(26)16-11-17-7-4-8-18(12-16)25(17)22(27)28-14-15-5-2-1-3-6-15/h1-3,5-6,9-10,13,16-18H,4,7-8,11-12,14H2. The van der Waals surface area contributed by atoms with Crippen LogP contribution in [-0.2, 0) is 11.3 Å². The maximum absolute atomic E-state index is 14.0. The number of hydrogen-bond donors (Lipinski definition) is 0. The lowest BCUT2D eigenvalue weighted by Crippen LogP contribution is -2.55. The van der Waals surface area contributed by atoms with Gasteiger partial charge in [-0.3, -0.25) is 9.78 Å². The molecule has 1 amide bonds. The van der Waals surface area contributed by atoms with E-state index in [-0.39, 0.29) is 42.0 Å². The molecule has 2 bridgehead atoms. The summed E-state index contributed by atoms with van der Waals surface area (Å²) in [6, 6.07) is 11.0. The summed E-state index contributed by atoms with van der Waals surface area (Å²) in [5, 5.41) is 0. The number of ketones is 1. The van der Waals surface area contributed by atoms with Crippen molar-refractivity contribution in [2.24, 2.45) is 5.92 Å². The quantitative estimate of drug-likeness (QED) is 0.737. The van der Waals surface area contributed by atoms with Gasteiger partial charge in [-0.25, -0.2) is 9.18 Å². The Morgan fingerprint density at radius 1 is 1.11 bits per heavy atom. The summed E-state index contributed by atoms with van der Waals surface area (Å²) in [4.78, 5) is 31.1. The number of benzene rings is 1. The van der Waals surface area contributed by atoms with E-state index in [1.807, 2.05) is 35.2 Å². The minimum absolute atomic E-state index is 0.0328. The van der Waals surface area contributed by atoms with E-state index in [4.69, 9.17) is 4.74 Å². The van der Waals surface area contributed by atoms with Gasteiger partial charge in [-0.2, -0.15) is 0 Å². The summed E-state index contributed by atoms with van der Waals surface area (Å²) in [6.07, 6.45) is 6.02. The first-order valence-corrected chi connectivity index (χ1v) is 9.76. The summed E-state index contributed by atoms with van der Waals surface area (Å²) in [5.41, 5.74) is 1.04. The molecule has 4 rings (SSSR count). The molecule has 0 radical (unpaired) electrons. The molecular weight excluding hydrogens is 359 g/mol. The average molecular weight is 382 g/mol. The fourth-order valence-corrected chi connectivity index (χ4v) is 4.48. The Hall–Kier alpha value is -2.76. The average Bonchev–Trinajstić information content (AvgIpc) is 2.71. The molecule has 0 aliphatic carbocycles. The lowest BCUT2D eigenvalue weighted by molar-refractivity contribution is 0.00464. The van der Waals surface area contributed by atoms with Gasteiger partial charge in [0, 0.05) is 24.2 Å². The van der Waals surface area contributed by atoms with Gasteiger partial charge in [-0.15, -0.1) is 0 Å². The second kappa shape index (κ2) is 8.09. The van der Waals surface area contributed by atoms with E-state index in [0.717, 1.165) is 31.0 Å². The SMILES string of the molecule is O=C(c1ccncc1F)C1CC2CCCC(C1)N2C(=O)OCc1ccccc1. The molecule has 28 heavy (non-hydrogen) atoms. The predicted octanol–water partition coefficient (Wildman–Crippen LogP) is 4.37.